The predicted octanol–water partition coefficient (Wildman–Crippen LogP) is 3.91. The van der Waals surface area contributed by atoms with Gasteiger partial charge in [-0.25, -0.2) is 0 Å². The fourth-order valence-corrected chi connectivity index (χ4v) is 2.09. The summed E-state index contributed by atoms with van der Waals surface area (Å²) in [7, 11) is 0. The minimum absolute atomic E-state index is 1.06. The third kappa shape index (κ3) is 9.44. The molecule has 1 rings (SSSR count). The third-order valence-electron chi connectivity index (χ3n) is 2.10. The van der Waals surface area contributed by atoms with E-state index in [0.717, 1.165) is 13.1 Å². The summed E-state index contributed by atoms with van der Waals surface area (Å²) in [4.78, 5) is 2.39. The van der Waals surface area contributed by atoms with Crippen LogP contribution in [0.5, 0.6) is 0 Å². The minimum atomic E-state index is 1.06. The molecule has 17 heavy (non-hydrogen) atoms. The van der Waals surface area contributed by atoms with E-state index >= 15 is 0 Å². The molecule has 0 aromatic rings. The first-order valence-electron chi connectivity index (χ1n) is 6.40. The van der Waals surface area contributed by atoms with Crippen molar-refractivity contribution >= 4 is 4.02 Å². The Kier molecular flexibility index (Phi) is 15.5. The van der Waals surface area contributed by atoms with Crippen molar-refractivity contribution in [2.45, 2.75) is 41.0 Å². The van der Waals surface area contributed by atoms with Crippen LogP contribution in [0.15, 0.2) is 29.9 Å². The molecule has 0 unspecified atom stereocenters. The molecule has 0 bridgehead atoms. The van der Waals surface area contributed by atoms with Gasteiger partial charge in [-0.3, -0.25) is 0 Å². The van der Waals surface area contributed by atoms with Crippen molar-refractivity contribution in [2.24, 2.45) is 0 Å². The molecule has 0 atom stereocenters. The van der Waals surface area contributed by atoms with Gasteiger partial charge in [-0.2, -0.15) is 0 Å². The topological polar surface area (TPSA) is 3.24 Å². The number of nitrogens with zero attached hydrogens (tertiary/aromatic N) is 1. The summed E-state index contributed by atoms with van der Waals surface area (Å²) in [5, 5.41) is 0. The second kappa shape index (κ2) is 13.8. The van der Waals surface area contributed by atoms with Crippen LogP contribution in [0.25, 0.3) is 0 Å². The molecule has 0 N–H and O–H groups in total. The van der Waals surface area contributed by atoms with Gasteiger partial charge >= 0.3 is 91.2 Å². The first-order chi connectivity index (χ1) is 8.24. The standard InChI is InChI=1S/C11H14N.2C2H6.W/c1-3-4-5-8-12-9-6-11(2)7-10-12;2*1-2;/h1,3-6H,7,9-10H2,2H3;2*1-2H3;/q-1;;;/b5-4-;;;. The van der Waals surface area contributed by atoms with Gasteiger partial charge in [-0.1, -0.05) is 27.7 Å². The molecule has 1 heterocycles. The molecule has 98 valence electrons. The molecule has 0 aromatic carbocycles. The van der Waals surface area contributed by atoms with Crippen molar-refractivity contribution in [3.8, 4) is 0 Å². The molecule has 1 aliphatic heterocycles. The van der Waals surface area contributed by atoms with Gasteiger partial charge in [0.2, 0.25) is 0 Å². The maximum atomic E-state index is 5.28. The molecule has 0 radical (unpaired) electrons. The van der Waals surface area contributed by atoms with Gasteiger partial charge in [0.25, 0.3) is 0 Å². The Bertz CT molecular complexity index is 264. The van der Waals surface area contributed by atoms with Crippen LogP contribution < -0.4 is 0 Å². The molecule has 0 fully saturated rings. The van der Waals surface area contributed by atoms with Crippen molar-refractivity contribution in [1.29, 1.82) is 0 Å². The molecule has 0 spiro atoms. The van der Waals surface area contributed by atoms with Crippen LogP contribution in [0.2, 0.25) is 0 Å². The first kappa shape index (κ1) is 19.1. The third-order valence-corrected chi connectivity index (χ3v) is 3.51. The Hall–Kier alpha value is -0.262. The van der Waals surface area contributed by atoms with E-state index < -0.39 is 0 Å². The molecule has 0 amide bonds. The SMILES string of the molecule is CC.CC.[CH-]=C/C=C\[C](=[W])N1CC=C(C)CC1. The predicted molar refractivity (Wildman–Crippen MR) is 75.7 cm³/mol. The van der Waals surface area contributed by atoms with Crippen molar-refractivity contribution < 1.29 is 19.4 Å². The molecule has 0 aliphatic carbocycles. The first-order valence-corrected chi connectivity index (χ1v) is 7.87. The number of hydrogen-bond donors (Lipinski definition) is 0. The summed E-state index contributed by atoms with van der Waals surface area (Å²) in [6.45, 7) is 17.7. The van der Waals surface area contributed by atoms with Crippen LogP contribution in [0, 0.1) is 6.58 Å². The number of rotatable bonds is 3. The normalized spacial score (nSPS) is 15.0. The average Bonchev–Trinajstić information content (AvgIpc) is 2.41. The van der Waals surface area contributed by atoms with E-state index in [0.29, 0.717) is 0 Å². The maximum absolute atomic E-state index is 5.28. The molecule has 0 saturated carbocycles. The molecule has 2 heteroatoms. The average molecular weight is 404 g/mol. The van der Waals surface area contributed by atoms with Gasteiger partial charge in [0.1, 0.15) is 0 Å². The number of allylic oxidation sites excluding steroid dienone is 2. The zero-order valence-corrected chi connectivity index (χ0v) is 14.8. The van der Waals surface area contributed by atoms with Crippen molar-refractivity contribution in [3.63, 3.8) is 0 Å². The van der Waals surface area contributed by atoms with Gasteiger partial charge in [-0.15, -0.1) is 0 Å². The van der Waals surface area contributed by atoms with Crippen LogP contribution in [-0.2, 0) is 19.4 Å². The van der Waals surface area contributed by atoms with E-state index in [2.05, 4.69) is 24.0 Å². The Morgan fingerprint density at radius 1 is 1.35 bits per heavy atom. The van der Waals surface area contributed by atoms with Gasteiger partial charge < -0.3 is 0 Å². The number of hydrogen-bond acceptors (Lipinski definition) is 1. The second-order valence-corrected chi connectivity index (χ2v) is 4.64. The van der Waals surface area contributed by atoms with E-state index in [-0.39, 0.29) is 0 Å². The molecular weight excluding hydrogens is 378 g/mol. The van der Waals surface area contributed by atoms with Crippen LogP contribution in [0.1, 0.15) is 41.0 Å². The van der Waals surface area contributed by atoms with Crippen molar-refractivity contribution in [3.05, 3.63) is 36.5 Å². The zero-order chi connectivity index (χ0) is 13.7. The molecule has 0 aromatic heterocycles. The monoisotopic (exact) mass is 404 g/mol. The van der Waals surface area contributed by atoms with Crippen LogP contribution in [-0.4, -0.2) is 22.0 Å². The van der Waals surface area contributed by atoms with E-state index in [1.165, 1.54) is 35.4 Å². The van der Waals surface area contributed by atoms with Crippen molar-refractivity contribution in [1.82, 2.24) is 4.90 Å². The van der Waals surface area contributed by atoms with Gasteiger partial charge in [0.05, 0.1) is 0 Å². The summed E-state index contributed by atoms with van der Waals surface area (Å²) in [6.07, 6.45) is 9.05. The van der Waals surface area contributed by atoms with Gasteiger partial charge in [-0.05, 0) is 0 Å². The zero-order valence-electron chi connectivity index (χ0n) is 11.9. The summed E-state index contributed by atoms with van der Waals surface area (Å²) < 4.78 is 1.37. The second-order valence-electron chi connectivity index (χ2n) is 3.14. The van der Waals surface area contributed by atoms with E-state index in [1.807, 2.05) is 33.8 Å². The fraction of sp³-hybridized carbons (Fsp3) is 0.533. The van der Waals surface area contributed by atoms with Crippen LogP contribution in [0.4, 0.5) is 0 Å². The molecule has 0 saturated heterocycles. The van der Waals surface area contributed by atoms with Crippen LogP contribution >= 0.6 is 0 Å². The molecule has 1 aliphatic rings. The Labute approximate surface area is 119 Å². The summed E-state index contributed by atoms with van der Waals surface area (Å²) >= 11 is 1.50. The Morgan fingerprint density at radius 2 is 1.94 bits per heavy atom. The van der Waals surface area contributed by atoms with E-state index in [1.54, 1.807) is 6.08 Å². The van der Waals surface area contributed by atoms with Gasteiger partial charge in [0.15, 0.2) is 0 Å². The quantitative estimate of drug-likeness (QED) is 0.392. The van der Waals surface area contributed by atoms with Crippen LogP contribution in [0.3, 0.4) is 0 Å². The summed E-state index contributed by atoms with van der Waals surface area (Å²) in [5.74, 6) is 0. The van der Waals surface area contributed by atoms with Gasteiger partial charge in [0, 0.05) is 0 Å². The fourth-order valence-electron chi connectivity index (χ4n) is 1.21. The van der Waals surface area contributed by atoms with E-state index in [4.69, 9.17) is 6.58 Å². The molecular formula is C15H26NW-. The summed E-state index contributed by atoms with van der Waals surface area (Å²) in [5.41, 5.74) is 1.51. The Balaban J connectivity index is 0. The van der Waals surface area contributed by atoms with Crippen molar-refractivity contribution in [2.75, 3.05) is 13.1 Å². The summed E-state index contributed by atoms with van der Waals surface area (Å²) in [6, 6.07) is 0. The van der Waals surface area contributed by atoms with E-state index in [9.17, 15) is 0 Å². The molecule has 1 nitrogen and oxygen atoms in total. The Morgan fingerprint density at radius 3 is 2.35 bits per heavy atom.